The van der Waals surface area contributed by atoms with E-state index >= 15 is 0 Å². The van der Waals surface area contributed by atoms with Gasteiger partial charge in [0.25, 0.3) is 0 Å². The van der Waals surface area contributed by atoms with Crippen LogP contribution in [0.1, 0.15) is 19.8 Å². The van der Waals surface area contributed by atoms with Crippen LogP contribution in [0.15, 0.2) is 36.4 Å². The van der Waals surface area contributed by atoms with E-state index in [0.29, 0.717) is 0 Å². The molecule has 0 saturated carbocycles. The summed E-state index contributed by atoms with van der Waals surface area (Å²) in [5.41, 5.74) is -0.502. The van der Waals surface area contributed by atoms with Crippen molar-refractivity contribution in [2.75, 3.05) is 14.1 Å². The van der Waals surface area contributed by atoms with Gasteiger partial charge in [-0.25, -0.2) is 0 Å². The molecule has 1 atom stereocenters. The second-order valence-electron chi connectivity index (χ2n) is 5.18. The highest BCUT2D eigenvalue weighted by atomic mass is 127. The fourth-order valence-corrected chi connectivity index (χ4v) is 1.92. The highest BCUT2D eigenvalue weighted by Crippen LogP contribution is 2.22. The normalized spacial score (nSPS) is 11.7. The zero-order valence-electron chi connectivity index (χ0n) is 12.2. The highest BCUT2D eigenvalue weighted by Gasteiger charge is 2.18. The maximum Gasteiger partial charge on any atom is 0.245 e. The number of halogens is 1. The van der Waals surface area contributed by atoms with Crippen LogP contribution in [0.5, 0.6) is 5.75 Å². The van der Waals surface area contributed by atoms with Crippen molar-refractivity contribution in [3.8, 4) is 5.75 Å². The second kappa shape index (κ2) is 7.67. The van der Waals surface area contributed by atoms with Crippen molar-refractivity contribution in [3.63, 3.8) is 0 Å². The first-order valence-corrected chi connectivity index (χ1v) is 7.56. The molecule has 20 heavy (non-hydrogen) atoms. The first kappa shape index (κ1) is 17.0. The molecule has 0 aromatic heterocycles. The van der Waals surface area contributed by atoms with E-state index in [1.807, 2.05) is 37.3 Å². The molecule has 0 spiro atoms. The molecule has 1 aromatic rings. The van der Waals surface area contributed by atoms with Gasteiger partial charge in [-0.15, -0.1) is 0 Å². The van der Waals surface area contributed by atoms with E-state index in [-0.39, 0.29) is 5.91 Å². The number of likely N-dealkylation sites (N-methyl/N-ethyl adjacent to an activating group) is 1. The zero-order valence-corrected chi connectivity index (χ0v) is 14.4. The smallest absolute Gasteiger partial charge is 0.245 e. The Hall–Kier alpha value is -1.04. The summed E-state index contributed by atoms with van der Waals surface area (Å²) in [7, 11) is 3.47. The van der Waals surface area contributed by atoms with Gasteiger partial charge in [0.2, 0.25) is 5.91 Å². The molecule has 0 N–H and O–H groups in total. The molecule has 1 radical (unpaired) electrons. The Morgan fingerprint density at radius 2 is 2.00 bits per heavy atom. The van der Waals surface area contributed by atoms with E-state index in [9.17, 15) is 4.79 Å². The lowest BCUT2D eigenvalue weighted by Crippen LogP contribution is -2.28. The van der Waals surface area contributed by atoms with Crippen LogP contribution in [-0.4, -0.2) is 30.5 Å². The minimum absolute atomic E-state index is 0.00526. The Kier molecular flexibility index (Phi) is 6.52. The number of nitrogens with zero attached hydrogens (tertiary/aromatic N) is 1. The van der Waals surface area contributed by atoms with Gasteiger partial charge in [0.1, 0.15) is 11.4 Å². The third-order valence-electron chi connectivity index (χ3n) is 2.72. The Labute approximate surface area is 135 Å². The third-order valence-corrected chi connectivity index (χ3v) is 3.44. The van der Waals surface area contributed by atoms with E-state index in [1.165, 1.54) is 3.57 Å². The van der Waals surface area contributed by atoms with Crippen LogP contribution in [0, 0.1) is 10.5 Å². The molecule has 0 fully saturated rings. The van der Waals surface area contributed by atoms with Crippen molar-refractivity contribution >= 4 is 28.5 Å². The number of benzene rings is 1. The minimum atomic E-state index is -0.502. The molecule has 0 bridgehead atoms. The molecule has 3 nitrogen and oxygen atoms in total. The van der Waals surface area contributed by atoms with Crippen LogP contribution in [0.2, 0.25) is 0 Å². The number of allylic oxidation sites excluding steroid dienone is 1. The van der Waals surface area contributed by atoms with Crippen LogP contribution in [0.3, 0.4) is 0 Å². The van der Waals surface area contributed by atoms with Gasteiger partial charge in [-0.2, -0.15) is 0 Å². The quantitative estimate of drug-likeness (QED) is 0.552. The number of amides is 1. The number of carbonyl (C=O) groups is 1. The van der Waals surface area contributed by atoms with Crippen molar-refractivity contribution in [2.45, 2.75) is 25.4 Å². The lowest BCUT2D eigenvalue weighted by Gasteiger charge is -2.26. The Morgan fingerprint density at radius 3 is 2.55 bits per heavy atom. The summed E-state index contributed by atoms with van der Waals surface area (Å²) in [4.78, 5) is 12.9. The molecule has 4 heteroatoms. The van der Waals surface area contributed by atoms with E-state index in [0.717, 1.165) is 18.6 Å². The van der Waals surface area contributed by atoms with Gasteiger partial charge in [0.15, 0.2) is 0 Å². The van der Waals surface area contributed by atoms with E-state index in [1.54, 1.807) is 25.1 Å². The Bertz CT molecular complexity index is 464. The Balaban J connectivity index is 2.45. The summed E-state index contributed by atoms with van der Waals surface area (Å²) >= 11 is 2.26. The lowest BCUT2D eigenvalue weighted by molar-refractivity contribution is -0.123. The molecular formula is C16H21INO2. The van der Waals surface area contributed by atoms with Gasteiger partial charge in [-0.3, -0.25) is 4.79 Å². The monoisotopic (exact) mass is 386 g/mol. The first-order chi connectivity index (χ1) is 9.30. The van der Waals surface area contributed by atoms with Gasteiger partial charge in [0.05, 0.1) is 0 Å². The van der Waals surface area contributed by atoms with Crippen molar-refractivity contribution < 1.29 is 9.53 Å². The SMILES string of the molecule is [CH2]C(C)(CC/C=C/C(=O)N(C)C)Oc1ccc(I)cc1. The zero-order chi connectivity index (χ0) is 15.2. The molecule has 0 heterocycles. The van der Waals surface area contributed by atoms with Gasteiger partial charge in [-0.1, -0.05) is 6.08 Å². The maximum atomic E-state index is 11.4. The van der Waals surface area contributed by atoms with E-state index < -0.39 is 5.60 Å². The molecule has 0 aliphatic rings. The maximum absolute atomic E-state index is 11.4. The van der Waals surface area contributed by atoms with Crippen molar-refractivity contribution in [3.05, 3.63) is 46.9 Å². The van der Waals surface area contributed by atoms with Crippen LogP contribution in [0.4, 0.5) is 0 Å². The standard InChI is InChI=1S/C16H21INO2/c1-16(2,12-6-5-7-15(19)18(3)4)20-14-10-8-13(17)9-11-14/h5,7-11H,1,6,12H2,2-4H3/b7-5+. The second-order valence-corrected chi connectivity index (χ2v) is 6.43. The van der Waals surface area contributed by atoms with Crippen molar-refractivity contribution in [1.82, 2.24) is 4.90 Å². The van der Waals surface area contributed by atoms with Gasteiger partial charge >= 0.3 is 0 Å². The topological polar surface area (TPSA) is 29.5 Å². The molecule has 1 amide bonds. The summed E-state index contributed by atoms with van der Waals surface area (Å²) in [6.45, 7) is 6.04. The fourth-order valence-electron chi connectivity index (χ4n) is 1.56. The van der Waals surface area contributed by atoms with Crippen LogP contribution >= 0.6 is 22.6 Å². The highest BCUT2D eigenvalue weighted by molar-refractivity contribution is 14.1. The first-order valence-electron chi connectivity index (χ1n) is 6.48. The van der Waals surface area contributed by atoms with Crippen LogP contribution in [-0.2, 0) is 4.79 Å². The average molecular weight is 386 g/mol. The molecule has 0 saturated heterocycles. The molecule has 0 aliphatic heterocycles. The number of carbonyl (C=O) groups excluding carboxylic acids is 1. The number of rotatable bonds is 6. The molecule has 1 unspecified atom stereocenters. The van der Waals surface area contributed by atoms with E-state index in [2.05, 4.69) is 29.5 Å². The van der Waals surface area contributed by atoms with Crippen molar-refractivity contribution in [1.29, 1.82) is 0 Å². The summed E-state index contributed by atoms with van der Waals surface area (Å²) in [6.07, 6.45) is 4.95. The number of ether oxygens (including phenoxy) is 1. The largest absolute Gasteiger partial charge is 0.488 e. The van der Waals surface area contributed by atoms with Gasteiger partial charge < -0.3 is 9.64 Å². The average Bonchev–Trinajstić information content (AvgIpc) is 2.37. The summed E-state index contributed by atoms with van der Waals surface area (Å²) < 4.78 is 7.04. The van der Waals surface area contributed by atoms with Crippen molar-refractivity contribution in [2.24, 2.45) is 0 Å². The lowest BCUT2D eigenvalue weighted by atomic mass is 10.0. The van der Waals surface area contributed by atoms with Crippen LogP contribution < -0.4 is 4.74 Å². The predicted molar refractivity (Wildman–Crippen MR) is 90.6 cm³/mol. The summed E-state index contributed by atoms with van der Waals surface area (Å²) in [6, 6.07) is 7.89. The molecule has 0 aliphatic carbocycles. The van der Waals surface area contributed by atoms with Crippen LogP contribution in [0.25, 0.3) is 0 Å². The Morgan fingerprint density at radius 1 is 1.40 bits per heavy atom. The number of hydrogen-bond acceptors (Lipinski definition) is 2. The van der Waals surface area contributed by atoms with E-state index in [4.69, 9.17) is 4.74 Å². The summed E-state index contributed by atoms with van der Waals surface area (Å²) in [5, 5.41) is 0. The van der Waals surface area contributed by atoms with Gasteiger partial charge in [-0.05, 0) is 79.6 Å². The molecular weight excluding hydrogens is 365 g/mol. The minimum Gasteiger partial charge on any atom is -0.488 e. The fraction of sp³-hybridized carbons (Fsp3) is 0.375. The predicted octanol–water partition coefficient (Wildman–Crippen LogP) is 3.69. The molecule has 1 aromatic carbocycles. The van der Waals surface area contributed by atoms with Gasteiger partial charge in [0, 0.05) is 17.7 Å². The third kappa shape index (κ3) is 6.41. The summed E-state index contributed by atoms with van der Waals surface area (Å²) in [5.74, 6) is 0.811. The molecule has 1 rings (SSSR count). The number of hydrogen-bond donors (Lipinski definition) is 0. The molecule has 109 valence electrons.